The zero-order valence-corrected chi connectivity index (χ0v) is 13.6. The number of piperidine rings is 1. The molecule has 1 aromatic rings. The van der Waals surface area contributed by atoms with Gasteiger partial charge in [-0.2, -0.15) is 0 Å². The van der Waals surface area contributed by atoms with Gasteiger partial charge in [0, 0.05) is 42.0 Å². The summed E-state index contributed by atoms with van der Waals surface area (Å²) >= 11 is 3.37. The molecule has 0 bridgehead atoms. The molecular weight excluding hydrogens is 332 g/mol. The number of hydrogen-bond acceptors (Lipinski definition) is 4. The molecule has 3 heterocycles. The Bertz CT molecular complexity index is 516. The van der Waals surface area contributed by atoms with Gasteiger partial charge in [-0.1, -0.05) is 0 Å². The predicted octanol–water partition coefficient (Wildman–Crippen LogP) is 1.48. The number of amides is 1. The molecular formula is C15H21BrN4O. The van der Waals surface area contributed by atoms with Crippen molar-refractivity contribution in [2.45, 2.75) is 31.3 Å². The fourth-order valence-electron chi connectivity index (χ4n) is 3.22. The number of halogens is 1. The maximum absolute atomic E-state index is 12.5. The zero-order chi connectivity index (χ0) is 14.8. The Hall–Kier alpha value is -0.980. The van der Waals surface area contributed by atoms with E-state index >= 15 is 0 Å². The first-order chi connectivity index (χ1) is 10.1. The molecule has 2 saturated heterocycles. The minimum Gasteiger partial charge on any atom is -0.337 e. The molecule has 1 aromatic heterocycles. The standard InChI is InChI=1S/C15H21BrN4O/c16-12-7-11(8-18-9-12)15(21)20-6-3-14(10-20)19-4-1-13(17)2-5-19/h7-9,13-14H,1-6,10,17H2. The highest BCUT2D eigenvalue weighted by atomic mass is 79.9. The molecule has 2 N–H and O–H groups in total. The second-order valence-corrected chi connectivity index (χ2v) is 6.87. The molecule has 3 rings (SSSR count). The van der Waals surface area contributed by atoms with Crippen molar-refractivity contribution in [3.63, 3.8) is 0 Å². The van der Waals surface area contributed by atoms with E-state index in [1.807, 2.05) is 11.0 Å². The number of rotatable bonds is 2. The number of pyridine rings is 1. The van der Waals surface area contributed by atoms with Gasteiger partial charge in [0.15, 0.2) is 0 Å². The van der Waals surface area contributed by atoms with Crippen LogP contribution in [0.5, 0.6) is 0 Å². The second kappa shape index (κ2) is 6.42. The van der Waals surface area contributed by atoms with Crippen LogP contribution in [-0.4, -0.2) is 59.0 Å². The van der Waals surface area contributed by atoms with E-state index in [1.54, 1.807) is 12.4 Å². The largest absolute Gasteiger partial charge is 0.337 e. The van der Waals surface area contributed by atoms with Crippen LogP contribution in [0.25, 0.3) is 0 Å². The Morgan fingerprint density at radius 3 is 2.71 bits per heavy atom. The number of carbonyl (C=O) groups is 1. The maximum atomic E-state index is 12.5. The molecule has 21 heavy (non-hydrogen) atoms. The first kappa shape index (κ1) is 14.9. The third-order valence-electron chi connectivity index (χ3n) is 4.49. The molecule has 114 valence electrons. The fraction of sp³-hybridized carbons (Fsp3) is 0.600. The van der Waals surface area contributed by atoms with Gasteiger partial charge in [0.25, 0.3) is 5.91 Å². The molecule has 2 aliphatic rings. The third kappa shape index (κ3) is 3.44. The summed E-state index contributed by atoms with van der Waals surface area (Å²) in [5, 5.41) is 0. The van der Waals surface area contributed by atoms with Gasteiger partial charge in [0.1, 0.15) is 0 Å². The summed E-state index contributed by atoms with van der Waals surface area (Å²) < 4.78 is 0.842. The van der Waals surface area contributed by atoms with Crippen LogP contribution >= 0.6 is 15.9 Å². The number of nitrogens with two attached hydrogens (primary N) is 1. The van der Waals surface area contributed by atoms with Crippen LogP contribution in [-0.2, 0) is 0 Å². The first-order valence-electron chi connectivity index (χ1n) is 7.53. The van der Waals surface area contributed by atoms with Crippen LogP contribution in [0, 0.1) is 0 Å². The van der Waals surface area contributed by atoms with Gasteiger partial charge in [0.05, 0.1) is 5.56 Å². The van der Waals surface area contributed by atoms with E-state index in [-0.39, 0.29) is 5.91 Å². The van der Waals surface area contributed by atoms with E-state index in [4.69, 9.17) is 5.73 Å². The van der Waals surface area contributed by atoms with Crippen LogP contribution in [0.3, 0.4) is 0 Å². The first-order valence-corrected chi connectivity index (χ1v) is 8.32. The molecule has 1 amide bonds. The molecule has 6 heteroatoms. The average molecular weight is 353 g/mol. The number of hydrogen-bond donors (Lipinski definition) is 1. The summed E-state index contributed by atoms with van der Waals surface area (Å²) in [6.07, 6.45) is 6.53. The van der Waals surface area contributed by atoms with Crippen molar-refractivity contribution in [3.05, 3.63) is 28.5 Å². The molecule has 2 aliphatic heterocycles. The molecule has 0 aliphatic carbocycles. The molecule has 0 aromatic carbocycles. The summed E-state index contributed by atoms with van der Waals surface area (Å²) in [5.74, 6) is 0.0833. The van der Waals surface area contributed by atoms with Crippen LogP contribution in [0.4, 0.5) is 0 Å². The number of nitrogens with zero attached hydrogens (tertiary/aromatic N) is 3. The van der Waals surface area contributed by atoms with Gasteiger partial charge in [-0.15, -0.1) is 0 Å². The van der Waals surface area contributed by atoms with E-state index in [2.05, 4.69) is 25.8 Å². The van der Waals surface area contributed by atoms with Crippen molar-refractivity contribution in [3.8, 4) is 0 Å². The maximum Gasteiger partial charge on any atom is 0.255 e. The van der Waals surface area contributed by atoms with Crippen molar-refractivity contribution >= 4 is 21.8 Å². The summed E-state index contributed by atoms with van der Waals surface area (Å²) in [4.78, 5) is 21.0. The lowest BCUT2D eigenvalue weighted by Crippen LogP contribution is -2.46. The normalized spacial score (nSPS) is 24.5. The zero-order valence-electron chi connectivity index (χ0n) is 12.0. The van der Waals surface area contributed by atoms with Crippen molar-refractivity contribution in [1.29, 1.82) is 0 Å². The SMILES string of the molecule is NC1CCN(C2CCN(C(=O)c3cncc(Br)c3)C2)CC1. The number of likely N-dealkylation sites (tertiary alicyclic amines) is 2. The highest BCUT2D eigenvalue weighted by Gasteiger charge is 2.32. The van der Waals surface area contributed by atoms with E-state index < -0.39 is 0 Å². The van der Waals surface area contributed by atoms with E-state index in [9.17, 15) is 4.79 Å². The average Bonchev–Trinajstić information content (AvgIpc) is 2.97. The highest BCUT2D eigenvalue weighted by Crippen LogP contribution is 2.22. The van der Waals surface area contributed by atoms with Gasteiger partial charge in [-0.3, -0.25) is 14.7 Å². The smallest absolute Gasteiger partial charge is 0.255 e. The Balaban J connectivity index is 1.60. The van der Waals surface area contributed by atoms with Gasteiger partial charge in [-0.25, -0.2) is 0 Å². The molecule has 1 unspecified atom stereocenters. The predicted molar refractivity (Wildman–Crippen MR) is 85.0 cm³/mol. The monoisotopic (exact) mass is 352 g/mol. The van der Waals surface area contributed by atoms with E-state index in [1.165, 1.54) is 0 Å². The molecule has 5 nitrogen and oxygen atoms in total. The van der Waals surface area contributed by atoms with Crippen LogP contribution in [0.2, 0.25) is 0 Å². The number of carbonyl (C=O) groups excluding carboxylic acids is 1. The van der Waals surface area contributed by atoms with Gasteiger partial charge < -0.3 is 10.6 Å². The van der Waals surface area contributed by atoms with Gasteiger partial charge in [-0.05, 0) is 54.3 Å². The van der Waals surface area contributed by atoms with E-state index in [0.29, 0.717) is 17.6 Å². The lowest BCUT2D eigenvalue weighted by atomic mass is 10.0. The molecule has 2 fully saturated rings. The summed E-state index contributed by atoms with van der Waals surface area (Å²) in [6.45, 7) is 3.78. The summed E-state index contributed by atoms with van der Waals surface area (Å²) in [6, 6.07) is 2.68. The minimum absolute atomic E-state index is 0.0833. The molecule has 0 radical (unpaired) electrons. The van der Waals surface area contributed by atoms with Crippen molar-refractivity contribution < 1.29 is 4.79 Å². The van der Waals surface area contributed by atoms with Crippen LogP contribution < -0.4 is 5.73 Å². The van der Waals surface area contributed by atoms with Crippen molar-refractivity contribution in [2.75, 3.05) is 26.2 Å². The lowest BCUT2D eigenvalue weighted by molar-refractivity contribution is 0.0769. The van der Waals surface area contributed by atoms with Crippen LogP contribution in [0.15, 0.2) is 22.9 Å². The summed E-state index contributed by atoms with van der Waals surface area (Å²) in [5.41, 5.74) is 6.62. The number of aromatic nitrogens is 1. The van der Waals surface area contributed by atoms with Gasteiger partial charge in [0.2, 0.25) is 0 Å². The minimum atomic E-state index is 0.0833. The Labute approximate surface area is 133 Å². The van der Waals surface area contributed by atoms with Gasteiger partial charge >= 0.3 is 0 Å². The second-order valence-electron chi connectivity index (χ2n) is 5.96. The lowest BCUT2D eigenvalue weighted by Gasteiger charge is -2.34. The topological polar surface area (TPSA) is 62.5 Å². The summed E-state index contributed by atoms with van der Waals surface area (Å²) in [7, 11) is 0. The molecule has 0 spiro atoms. The van der Waals surface area contributed by atoms with E-state index in [0.717, 1.165) is 49.9 Å². The van der Waals surface area contributed by atoms with Crippen LogP contribution in [0.1, 0.15) is 29.6 Å². The van der Waals surface area contributed by atoms with Crippen molar-refractivity contribution in [1.82, 2.24) is 14.8 Å². The molecule has 1 atom stereocenters. The fourth-order valence-corrected chi connectivity index (χ4v) is 3.59. The molecule has 0 saturated carbocycles. The Morgan fingerprint density at radius 2 is 2.00 bits per heavy atom. The third-order valence-corrected chi connectivity index (χ3v) is 4.93. The quantitative estimate of drug-likeness (QED) is 0.875. The highest BCUT2D eigenvalue weighted by molar-refractivity contribution is 9.10. The Morgan fingerprint density at radius 1 is 1.24 bits per heavy atom. The Kier molecular flexibility index (Phi) is 4.57. The van der Waals surface area contributed by atoms with Crippen molar-refractivity contribution in [2.24, 2.45) is 5.73 Å².